The zero-order valence-electron chi connectivity index (χ0n) is 37.2. The summed E-state index contributed by atoms with van der Waals surface area (Å²) in [6, 6.07) is 25.3. The Bertz CT molecular complexity index is 1900. The van der Waals surface area contributed by atoms with E-state index >= 15 is 0 Å². The summed E-state index contributed by atoms with van der Waals surface area (Å²) in [5, 5.41) is 14.9. The summed E-state index contributed by atoms with van der Waals surface area (Å²) in [4.78, 5) is 82.7. The topological polar surface area (TPSA) is 166 Å². The number of carbonyl (C=O) groups excluding carboxylic acids is 6. The third-order valence-corrected chi connectivity index (χ3v) is 12.8. The quantitative estimate of drug-likeness (QED) is 0.0590. The normalized spacial score (nSPS) is 21.5. The molecule has 0 unspecified atom stereocenters. The molecule has 2 saturated carbocycles. The molecule has 6 rings (SSSR count). The molecule has 6 amide bonds. The number of amides is 6. The molecule has 12 heteroatoms. The Morgan fingerprint density at radius 1 is 0.587 bits per heavy atom. The maximum atomic E-state index is 14.0. The molecule has 0 radical (unpaired) electrons. The van der Waals surface area contributed by atoms with Crippen molar-refractivity contribution < 1.29 is 28.8 Å². The Kier molecular flexibility index (Phi) is 17.7. The van der Waals surface area contributed by atoms with Crippen LogP contribution < -0.4 is 26.6 Å². The maximum absolute atomic E-state index is 14.0. The third kappa shape index (κ3) is 14.0. The molecule has 3 aliphatic rings. The molecule has 338 valence electrons. The third-order valence-electron chi connectivity index (χ3n) is 12.8. The summed E-state index contributed by atoms with van der Waals surface area (Å²) in [6.45, 7) is 4.88. The van der Waals surface area contributed by atoms with Crippen molar-refractivity contribution in [2.45, 2.75) is 134 Å². The maximum Gasteiger partial charge on any atom is 0.253 e. The van der Waals surface area contributed by atoms with Gasteiger partial charge in [0.05, 0.1) is 11.8 Å². The van der Waals surface area contributed by atoms with Gasteiger partial charge in [-0.25, -0.2) is 0 Å². The Labute approximate surface area is 373 Å². The van der Waals surface area contributed by atoms with Crippen LogP contribution in [0.2, 0.25) is 0 Å². The minimum Gasteiger partial charge on any atom is -0.354 e. The second kappa shape index (κ2) is 23.8. The fourth-order valence-corrected chi connectivity index (χ4v) is 8.78. The zero-order chi connectivity index (χ0) is 44.6. The van der Waals surface area contributed by atoms with Crippen LogP contribution in [0.3, 0.4) is 0 Å². The molecular formula is C51H68N6O6. The van der Waals surface area contributed by atoms with E-state index in [-0.39, 0.29) is 78.7 Å². The predicted molar refractivity (Wildman–Crippen MR) is 245 cm³/mol. The second-order valence-corrected chi connectivity index (χ2v) is 17.8. The standard InChI is InChI=1S/C51H68N6O6/c1-3-5-7-9-10-11-18-24-46(58)54-45(50(62)52-29-19-8-6-4-2)32-53-47(59)37-25-27-38(28-26-37)51(63)57-33-41(48(60)55-43-30-39(43)35-20-14-12-15-21-35)42(34-57)49(61)56-44-31-40(44)36-22-16-13-17-23-36/h12-17,20-23,25-28,39-45H,3-11,18-19,24,29-34H2,1-2H3,(H,52,62)(H,53,59)(H,54,58)(H,55,60)(H,56,61)/t39-,40-,41-,42-,43+,44+,45+/m1/s1. The second-order valence-electron chi connectivity index (χ2n) is 17.8. The van der Waals surface area contributed by atoms with Gasteiger partial charge in [-0.3, -0.25) is 28.8 Å². The highest BCUT2D eigenvalue weighted by Gasteiger charge is 2.49. The molecule has 7 atom stereocenters. The van der Waals surface area contributed by atoms with E-state index in [4.69, 9.17) is 0 Å². The number of carbonyl (C=O) groups is 6. The minimum atomic E-state index is -0.934. The van der Waals surface area contributed by atoms with Crippen molar-refractivity contribution in [3.8, 4) is 0 Å². The van der Waals surface area contributed by atoms with Gasteiger partial charge in [-0.05, 0) is 61.1 Å². The van der Waals surface area contributed by atoms with E-state index in [1.807, 2.05) is 36.4 Å². The number of nitrogens with one attached hydrogen (secondary N) is 5. The van der Waals surface area contributed by atoms with Crippen LogP contribution in [0.5, 0.6) is 0 Å². The summed E-state index contributed by atoms with van der Waals surface area (Å²) < 4.78 is 0. The zero-order valence-corrected chi connectivity index (χ0v) is 37.2. The number of likely N-dealkylation sites (tertiary alicyclic amines) is 1. The van der Waals surface area contributed by atoms with E-state index in [9.17, 15) is 28.8 Å². The monoisotopic (exact) mass is 861 g/mol. The van der Waals surface area contributed by atoms with Gasteiger partial charge >= 0.3 is 0 Å². The number of unbranched alkanes of at least 4 members (excludes halogenated alkanes) is 9. The Morgan fingerprint density at radius 3 is 1.62 bits per heavy atom. The van der Waals surface area contributed by atoms with Crippen LogP contribution in [-0.4, -0.2) is 84.6 Å². The van der Waals surface area contributed by atoms with Crippen molar-refractivity contribution in [2.24, 2.45) is 11.8 Å². The summed E-state index contributed by atoms with van der Waals surface area (Å²) in [5.74, 6) is -2.81. The number of rotatable bonds is 25. The minimum absolute atomic E-state index is 0.0238. The highest BCUT2D eigenvalue weighted by atomic mass is 16.2. The molecule has 3 aromatic carbocycles. The van der Waals surface area contributed by atoms with E-state index in [2.05, 4.69) is 64.7 Å². The average molecular weight is 861 g/mol. The molecule has 5 N–H and O–H groups in total. The fourth-order valence-electron chi connectivity index (χ4n) is 8.78. The fraction of sp³-hybridized carbons (Fsp3) is 0.529. The first kappa shape index (κ1) is 47.0. The molecule has 0 spiro atoms. The lowest BCUT2D eigenvalue weighted by atomic mass is 9.94. The van der Waals surface area contributed by atoms with Crippen molar-refractivity contribution in [2.75, 3.05) is 26.2 Å². The van der Waals surface area contributed by atoms with Gasteiger partial charge in [0, 0.05) is 67.6 Å². The molecule has 12 nitrogen and oxygen atoms in total. The van der Waals surface area contributed by atoms with E-state index in [1.54, 1.807) is 29.2 Å². The molecule has 1 aliphatic heterocycles. The molecule has 1 heterocycles. The van der Waals surface area contributed by atoms with Gasteiger partial charge in [0.15, 0.2) is 0 Å². The van der Waals surface area contributed by atoms with Crippen molar-refractivity contribution in [1.29, 1.82) is 0 Å². The van der Waals surface area contributed by atoms with Gasteiger partial charge < -0.3 is 31.5 Å². The van der Waals surface area contributed by atoms with Crippen LogP contribution in [0.1, 0.15) is 147 Å². The van der Waals surface area contributed by atoms with E-state index in [0.717, 1.165) is 75.3 Å². The molecule has 1 saturated heterocycles. The number of benzene rings is 3. The van der Waals surface area contributed by atoms with Gasteiger partial charge in [-0.15, -0.1) is 0 Å². The van der Waals surface area contributed by atoms with Crippen LogP contribution in [0.4, 0.5) is 0 Å². The first-order valence-corrected chi connectivity index (χ1v) is 23.6. The number of hydrogen-bond acceptors (Lipinski definition) is 6. The molecular weight excluding hydrogens is 793 g/mol. The van der Waals surface area contributed by atoms with Crippen LogP contribution in [0.25, 0.3) is 0 Å². The first-order valence-electron chi connectivity index (χ1n) is 23.6. The Balaban J connectivity index is 1.04. The highest BCUT2D eigenvalue weighted by molar-refractivity contribution is 5.99. The van der Waals surface area contributed by atoms with Crippen molar-refractivity contribution >= 4 is 35.4 Å². The Morgan fingerprint density at radius 2 is 1.08 bits per heavy atom. The van der Waals surface area contributed by atoms with Crippen molar-refractivity contribution in [3.63, 3.8) is 0 Å². The molecule has 63 heavy (non-hydrogen) atoms. The SMILES string of the molecule is CCCCCCCCCC(=O)N[C@@H](CNC(=O)c1ccc(C(=O)N2C[C@@H](C(=O)N[C@H]3C[C@@H]3c3ccccc3)[C@H](C(=O)N[C@H]3C[C@@H]3c3ccccc3)C2)cc1)C(=O)NCCCCCC. The molecule has 3 aromatic rings. The summed E-state index contributed by atoms with van der Waals surface area (Å²) >= 11 is 0. The lowest BCUT2D eigenvalue weighted by molar-refractivity contribution is -0.133. The van der Waals surface area contributed by atoms with E-state index in [0.29, 0.717) is 18.5 Å². The van der Waals surface area contributed by atoms with Gasteiger partial charge in [-0.1, -0.05) is 132 Å². The number of nitrogens with zero attached hydrogens (tertiary/aromatic N) is 1. The summed E-state index contributed by atoms with van der Waals surface area (Å²) in [5.41, 5.74) is 2.93. The van der Waals surface area contributed by atoms with E-state index < -0.39 is 23.8 Å². The van der Waals surface area contributed by atoms with Gasteiger partial charge in [0.2, 0.25) is 23.6 Å². The van der Waals surface area contributed by atoms with Crippen LogP contribution >= 0.6 is 0 Å². The molecule has 3 fully saturated rings. The van der Waals surface area contributed by atoms with Crippen LogP contribution in [0.15, 0.2) is 84.9 Å². The van der Waals surface area contributed by atoms with Gasteiger partial charge in [0.1, 0.15) is 6.04 Å². The van der Waals surface area contributed by atoms with Gasteiger partial charge in [-0.2, -0.15) is 0 Å². The largest absolute Gasteiger partial charge is 0.354 e. The summed E-state index contributed by atoms with van der Waals surface area (Å²) in [6.07, 6.45) is 13.5. The summed E-state index contributed by atoms with van der Waals surface area (Å²) in [7, 11) is 0. The highest BCUT2D eigenvalue weighted by Crippen LogP contribution is 2.42. The van der Waals surface area contributed by atoms with Crippen molar-refractivity contribution in [1.82, 2.24) is 31.5 Å². The lowest BCUT2D eigenvalue weighted by Gasteiger charge is -2.19. The van der Waals surface area contributed by atoms with Gasteiger partial charge in [0.25, 0.3) is 11.8 Å². The first-order chi connectivity index (χ1) is 30.7. The molecule has 2 aliphatic carbocycles. The lowest BCUT2D eigenvalue weighted by Crippen LogP contribution is -2.52. The Hall–Kier alpha value is -5.52. The van der Waals surface area contributed by atoms with Crippen LogP contribution in [-0.2, 0) is 19.2 Å². The predicted octanol–water partition coefficient (Wildman–Crippen LogP) is 6.77. The van der Waals surface area contributed by atoms with Crippen LogP contribution in [0, 0.1) is 11.8 Å². The van der Waals surface area contributed by atoms with Crippen molar-refractivity contribution in [3.05, 3.63) is 107 Å². The average Bonchev–Trinajstić information content (AvgIpc) is 4.22. The number of hydrogen-bond donors (Lipinski definition) is 5. The molecule has 0 aromatic heterocycles. The van der Waals surface area contributed by atoms with E-state index in [1.165, 1.54) is 19.3 Å². The smallest absolute Gasteiger partial charge is 0.253 e. The molecule has 0 bridgehead atoms.